The van der Waals surface area contributed by atoms with Gasteiger partial charge in [0.15, 0.2) is 0 Å². The van der Waals surface area contributed by atoms with Crippen LogP contribution in [0.1, 0.15) is 30.6 Å². The molecular weight excluding hydrogens is 308 g/mol. The predicted octanol–water partition coefficient (Wildman–Crippen LogP) is 3.13. The van der Waals surface area contributed by atoms with Gasteiger partial charge in [0.2, 0.25) is 0 Å². The summed E-state index contributed by atoms with van der Waals surface area (Å²) >= 11 is 3.34. The Hall–Kier alpha value is -1.54. The summed E-state index contributed by atoms with van der Waals surface area (Å²) in [5.41, 5.74) is 0.280. The van der Waals surface area contributed by atoms with Crippen LogP contribution in [-0.4, -0.2) is 19.6 Å². The molecule has 1 aromatic carbocycles. The van der Waals surface area contributed by atoms with Crippen molar-refractivity contribution in [3.8, 4) is 11.8 Å². The molecule has 4 nitrogen and oxygen atoms in total. The zero-order valence-corrected chi connectivity index (χ0v) is 12.9. The van der Waals surface area contributed by atoms with Crippen LogP contribution in [0, 0.1) is 16.7 Å². The van der Waals surface area contributed by atoms with Crippen LogP contribution in [0.5, 0.6) is 5.75 Å². The number of ether oxygens (including phenoxy) is 1. The Bertz CT molecular complexity index is 507. The number of nitrogens with zero attached hydrogens (tertiary/aromatic N) is 1. The number of nitrogens with one attached hydrogen (secondary N) is 1. The smallest absolute Gasteiger partial charge is 0.252 e. The van der Waals surface area contributed by atoms with Gasteiger partial charge in [0.05, 0.1) is 18.7 Å². The Morgan fingerprint density at radius 1 is 1.53 bits per heavy atom. The lowest BCUT2D eigenvalue weighted by Gasteiger charge is -2.21. The van der Waals surface area contributed by atoms with E-state index >= 15 is 0 Å². The van der Waals surface area contributed by atoms with Gasteiger partial charge in [-0.25, -0.2) is 0 Å². The van der Waals surface area contributed by atoms with Crippen LogP contribution < -0.4 is 10.1 Å². The number of hydrogen-bond acceptors (Lipinski definition) is 3. The summed E-state index contributed by atoms with van der Waals surface area (Å²) in [6.45, 7) is 4.33. The molecule has 0 fully saturated rings. The van der Waals surface area contributed by atoms with Gasteiger partial charge >= 0.3 is 0 Å². The quantitative estimate of drug-likeness (QED) is 0.905. The molecule has 0 aromatic heterocycles. The first-order chi connectivity index (χ1) is 8.89. The highest BCUT2D eigenvalue weighted by Gasteiger charge is 2.20. The first kappa shape index (κ1) is 15.5. The van der Waals surface area contributed by atoms with Crippen molar-refractivity contribution in [2.75, 3.05) is 13.7 Å². The molecule has 0 bridgehead atoms. The van der Waals surface area contributed by atoms with Crippen LogP contribution in [-0.2, 0) is 0 Å². The maximum atomic E-state index is 12.1. The first-order valence-electron chi connectivity index (χ1n) is 5.88. The van der Waals surface area contributed by atoms with Gasteiger partial charge in [0, 0.05) is 17.4 Å². The van der Waals surface area contributed by atoms with Crippen molar-refractivity contribution < 1.29 is 9.53 Å². The Kier molecular flexibility index (Phi) is 5.37. The normalized spacial score (nSPS) is 10.7. The number of halogens is 1. The van der Waals surface area contributed by atoms with Crippen molar-refractivity contribution in [2.45, 2.75) is 20.3 Å². The van der Waals surface area contributed by atoms with E-state index in [1.165, 1.54) is 0 Å². The van der Waals surface area contributed by atoms with Crippen LogP contribution in [0.25, 0.3) is 0 Å². The second-order valence-corrected chi connectivity index (χ2v) is 5.88. The van der Waals surface area contributed by atoms with Crippen molar-refractivity contribution in [1.29, 1.82) is 5.26 Å². The van der Waals surface area contributed by atoms with Crippen molar-refractivity contribution in [3.05, 3.63) is 28.2 Å². The van der Waals surface area contributed by atoms with Crippen LogP contribution in [0.2, 0.25) is 0 Å². The minimum Gasteiger partial charge on any atom is -0.497 e. The zero-order valence-electron chi connectivity index (χ0n) is 11.3. The van der Waals surface area contributed by atoms with E-state index in [1.54, 1.807) is 25.3 Å². The topological polar surface area (TPSA) is 62.1 Å². The van der Waals surface area contributed by atoms with E-state index in [2.05, 4.69) is 27.3 Å². The number of carbonyl (C=O) groups excluding carboxylic acids is 1. The fourth-order valence-electron chi connectivity index (χ4n) is 1.50. The highest BCUT2D eigenvalue weighted by atomic mass is 79.9. The van der Waals surface area contributed by atoms with Crippen molar-refractivity contribution in [1.82, 2.24) is 5.32 Å². The third-order valence-corrected chi connectivity index (χ3v) is 3.39. The van der Waals surface area contributed by atoms with Gasteiger partial charge in [-0.15, -0.1) is 0 Å². The molecule has 0 saturated heterocycles. The molecule has 0 aliphatic heterocycles. The lowest BCUT2D eigenvalue weighted by molar-refractivity contribution is 0.0936. The van der Waals surface area contributed by atoms with Crippen molar-refractivity contribution >= 4 is 21.8 Å². The highest BCUT2D eigenvalue weighted by Crippen LogP contribution is 2.23. The van der Waals surface area contributed by atoms with Gasteiger partial charge in [0.1, 0.15) is 5.75 Å². The second-order valence-electron chi connectivity index (χ2n) is 5.03. The van der Waals surface area contributed by atoms with E-state index in [9.17, 15) is 4.79 Å². The summed E-state index contributed by atoms with van der Waals surface area (Å²) < 4.78 is 5.81. The summed E-state index contributed by atoms with van der Waals surface area (Å²) in [4.78, 5) is 12.1. The number of carbonyl (C=O) groups is 1. The molecule has 0 spiro atoms. The number of nitriles is 1. The Balaban J connectivity index is 2.76. The number of methoxy groups -OCH3 is 1. The van der Waals surface area contributed by atoms with E-state index < -0.39 is 0 Å². The molecule has 5 heteroatoms. The molecule has 0 aliphatic rings. The Morgan fingerprint density at radius 2 is 2.21 bits per heavy atom. The SMILES string of the molecule is COc1ccc(Br)c(C(=O)NCC(C)(C)CC#N)c1. The molecular formula is C14H17BrN2O2. The maximum absolute atomic E-state index is 12.1. The van der Waals surface area contributed by atoms with Gasteiger partial charge < -0.3 is 10.1 Å². The fraction of sp³-hybridized carbons (Fsp3) is 0.429. The van der Waals surface area contributed by atoms with Crippen molar-refractivity contribution in [3.63, 3.8) is 0 Å². The predicted molar refractivity (Wildman–Crippen MR) is 77.0 cm³/mol. The number of rotatable bonds is 5. The van der Waals surface area contributed by atoms with Crippen LogP contribution in [0.3, 0.4) is 0 Å². The summed E-state index contributed by atoms with van der Waals surface area (Å²) in [7, 11) is 1.56. The summed E-state index contributed by atoms with van der Waals surface area (Å²) in [6.07, 6.45) is 0.395. The summed E-state index contributed by atoms with van der Waals surface area (Å²) in [5, 5.41) is 11.6. The standard InChI is InChI=1S/C14H17BrN2O2/c1-14(2,6-7-16)9-17-13(18)11-8-10(19-3)4-5-12(11)15/h4-5,8H,6,9H2,1-3H3,(H,17,18). The van der Waals surface area contributed by atoms with E-state index in [1.807, 2.05) is 13.8 Å². The van der Waals surface area contributed by atoms with E-state index in [0.29, 0.717) is 28.8 Å². The maximum Gasteiger partial charge on any atom is 0.252 e. The second kappa shape index (κ2) is 6.58. The minimum absolute atomic E-state index is 0.184. The van der Waals surface area contributed by atoms with Gasteiger partial charge in [0.25, 0.3) is 5.91 Å². The molecule has 19 heavy (non-hydrogen) atoms. The number of hydrogen-bond donors (Lipinski definition) is 1. The Morgan fingerprint density at radius 3 is 2.79 bits per heavy atom. The van der Waals surface area contributed by atoms with Gasteiger partial charge in [-0.1, -0.05) is 13.8 Å². The lowest BCUT2D eigenvalue weighted by Crippen LogP contribution is -2.34. The van der Waals surface area contributed by atoms with Gasteiger partial charge in [-0.2, -0.15) is 5.26 Å². The molecule has 0 radical (unpaired) electrons. The molecule has 1 N–H and O–H groups in total. The third-order valence-electron chi connectivity index (χ3n) is 2.70. The van der Waals surface area contributed by atoms with Gasteiger partial charge in [-0.3, -0.25) is 4.79 Å². The molecule has 0 atom stereocenters. The largest absolute Gasteiger partial charge is 0.497 e. The highest BCUT2D eigenvalue weighted by molar-refractivity contribution is 9.10. The molecule has 0 unspecified atom stereocenters. The molecule has 0 heterocycles. The van der Waals surface area contributed by atoms with Crippen LogP contribution in [0.15, 0.2) is 22.7 Å². The third kappa shape index (κ3) is 4.56. The monoisotopic (exact) mass is 324 g/mol. The van der Waals surface area contributed by atoms with Gasteiger partial charge in [-0.05, 0) is 39.5 Å². The lowest BCUT2D eigenvalue weighted by atomic mass is 9.90. The number of benzene rings is 1. The van der Waals surface area contributed by atoms with Crippen LogP contribution in [0.4, 0.5) is 0 Å². The minimum atomic E-state index is -0.240. The molecule has 0 aliphatic carbocycles. The Labute approximate surface area is 121 Å². The van der Waals surface area contributed by atoms with E-state index in [0.717, 1.165) is 0 Å². The summed E-state index contributed by atoms with van der Waals surface area (Å²) in [6, 6.07) is 7.35. The van der Waals surface area contributed by atoms with E-state index in [-0.39, 0.29) is 11.3 Å². The van der Waals surface area contributed by atoms with E-state index in [4.69, 9.17) is 10.00 Å². The van der Waals surface area contributed by atoms with Crippen LogP contribution >= 0.6 is 15.9 Å². The number of amides is 1. The molecule has 1 aromatic rings. The van der Waals surface area contributed by atoms with Crippen molar-refractivity contribution in [2.24, 2.45) is 5.41 Å². The summed E-state index contributed by atoms with van der Waals surface area (Å²) in [5.74, 6) is 0.446. The molecule has 1 amide bonds. The molecule has 1 rings (SSSR count). The molecule has 0 saturated carbocycles. The first-order valence-corrected chi connectivity index (χ1v) is 6.67. The average Bonchev–Trinajstić information content (AvgIpc) is 2.36. The average molecular weight is 325 g/mol. The zero-order chi connectivity index (χ0) is 14.5. The fourth-order valence-corrected chi connectivity index (χ4v) is 1.92. The molecule has 102 valence electrons.